The minimum absolute atomic E-state index is 0.0389. The molecule has 23 heavy (non-hydrogen) atoms. The van der Waals surface area contributed by atoms with Crippen LogP contribution in [0.25, 0.3) is 0 Å². The van der Waals surface area contributed by atoms with E-state index in [1.54, 1.807) is 16.8 Å². The first-order chi connectivity index (χ1) is 11.0. The molecule has 0 saturated carbocycles. The summed E-state index contributed by atoms with van der Waals surface area (Å²) in [5, 5.41) is 10.8. The third-order valence-electron chi connectivity index (χ3n) is 3.74. The maximum atomic E-state index is 12.8. The van der Waals surface area contributed by atoms with Gasteiger partial charge in [-0.15, -0.1) is 10.2 Å². The van der Waals surface area contributed by atoms with Crippen molar-refractivity contribution in [3.63, 3.8) is 0 Å². The van der Waals surface area contributed by atoms with Gasteiger partial charge in [-0.2, -0.15) is 18.2 Å². The van der Waals surface area contributed by atoms with Crippen LogP contribution in [0.2, 0.25) is 0 Å². The molecule has 1 atom stereocenters. The Labute approximate surface area is 129 Å². The molecule has 10 heteroatoms. The lowest BCUT2D eigenvalue weighted by Crippen LogP contribution is -2.31. The van der Waals surface area contributed by atoms with Gasteiger partial charge in [-0.25, -0.2) is 4.98 Å². The lowest BCUT2D eigenvalue weighted by atomic mass is 9.97. The zero-order valence-electron chi connectivity index (χ0n) is 12.3. The van der Waals surface area contributed by atoms with Gasteiger partial charge in [-0.05, 0) is 6.42 Å². The predicted octanol–water partition coefficient (Wildman–Crippen LogP) is 1.81. The van der Waals surface area contributed by atoms with Crippen LogP contribution < -0.4 is 10.1 Å². The molecule has 124 valence electrons. The quantitative estimate of drug-likeness (QED) is 0.922. The summed E-state index contributed by atoms with van der Waals surface area (Å²) in [7, 11) is 1.50. The number of halogens is 3. The molecule has 3 heterocycles. The van der Waals surface area contributed by atoms with Gasteiger partial charge >= 0.3 is 6.18 Å². The standard InChI is InChI=1S/C13H15F3N6O/c1-23-11-2-4-17-12(19-11)18-7-10-21-20-9-6-8(13(14,15)16)3-5-22(9)10/h2,4,8H,3,5-7H2,1H3,(H,17,18,19). The highest BCUT2D eigenvalue weighted by Crippen LogP contribution is 2.34. The molecule has 1 aliphatic heterocycles. The second-order valence-electron chi connectivity index (χ2n) is 5.19. The normalized spacial score (nSPS) is 17.7. The van der Waals surface area contributed by atoms with E-state index in [2.05, 4.69) is 25.5 Å². The summed E-state index contributed by atoms with van der Waals surface area (Å²) in [6, 6.07) is 1.61. The summed E-state index contributed by atoms with van der Waals surface area (Å²) in [5.41, 5.74) is 0. The fourth-order valence-electron chi connectivity index (χ4n) is 2.50. The third-order valence-corrected chi connectivity index (χ3v) is 3.74. The van der Waals surface area contributed by atoms with E-state index < -0.39 is 12.1 Å². The predicted molar refractivity (Wildman–Crippen MR) is 73.8 cm³/mol. The van der Waals surface area contributed by atoms with Crippen LogP contribution in [0.4, 0.5) is 19.1 Å². The van der Waals surface area contributed by atoms with Gasteiger partial charge in [-0.3, -0.25) is 0 Å². The summed E-state index contributed by atoms with van der Waals surface area (Å²) in [5.74, 6) is 0.347. The monoisotopic (exact) mass is 328 g/mol. The zero-order chi connectivity index (χ0) is 16.4. The Morgan fingerprint density at radius 2 is 2.22 bits per heavy atom. The maximum Gasteiger partial charge on any atom is 0.392 e. The number of aromatic nitrogens is 5. The average molecular weight is 328 g/mol. The molecule has 2 aromatic rings. The van der Waals surface area contributed by atoms with Gasteiger partial charge in [0, 0.05) is 25.2 Å². The first-order valence-electron chi connectivity index (χ1n) is 7.06. The Balaban J connectivity index is 1.68. The van der Waals surface area contributed by atoms with Crippen molar-refractivity contribution in [2.24, 2.45) is 5.92 Å². The number of alkyl halides is 3. The second kappa shape index (κ2) is 6.01. The van der Waals surface area contributed by atoms with E-state index in [4.69, 9.17) is 4.74 Å². The van der Waals surface area contributed by atoms with E-state index in [1.807, 2.05) is 0 Å². The fourth-order valence-corrected chi connectivity index (χ4v) is 2.50. The molecule has 0 amide bonds. The Morgan fingerprint density at radius 1 is 1.39 bits per heavy atom. The molecule has 0 aliphatic carbocycles. The topological polar surface area (TPSA) is 77.8 Å². The number of fused-ring (bicyclic) bond motifs is 1. The van der Waals surface area contributed by atoms with Crippen LogP contribution in [-0.2, 0) is 19.5 Å². The molecule has 7 nitrogen and oxygen atoms in total. The number of nitrogens with zero attached hydrogens (tertiary/aromatic N) is 5. The first-order valence-corrected chi connectivity index (χ1v) is 7.06. The van der Waals surface area contributed by atoms with Crippen LogP contribution in [0.15, 0.2) is 12.3 Å². The lowest BCUT2D eigenvalue weighted by molar-refractivity contribution is -0.179. The molecule has 0 spiro atoms. The Bertz CT molecular complexity index is 687. The molecule has 0 bridgehead atoms. The SMILES string of the molecule is COc1ccnc(NCc2nnc3n2CCC(C(F)(F)F)C3)n1. The summed E-state index contributed by atoms with van der Waals surface area (Å²) < 4.78 is 45.1. The van der Waals surface area contributed by atoms with Crippen molar-refractivity contribution >= 4 is 5.95 Å². The minimum Gasteiger partial charge on any atom is -0.481 e. The summed E-state index contributed by atoms with van der Waals surface area (Å²) >= 11 is 0. The van der Waals surface area contributed by atoms with Crippen molar-refractivity contribution in [1.82, 2.24) is 24.7 Å². The molecular weight excluding hydrogens is 313 g/mol. The van der Waals surface area contributed by atoms with Crippen molar-refractivity contribution in [3.05, 3.63) is 23.9 Å². The van der Waals surface area contributed by atoms with Crippen molar-refractivity contribution in [2.75, 3.05) is 12.4 Å². The fraction of sp³-hybridized carbons (Fsp3) is 0.538. The van der Waals surface area contributed by atoms with Crippen LogP contribution >= 0.6 is 0 Å². The molecule has 1 unspecified atom stereocenters. The molecule has 1 aliphatic rings. The van der Waals surface area contributed by atoms with Crippen LogP contribution in [0.5, 0.6) is 5.88 Å². The minimum atomic E-state index is -4.19. The average Bonchev–Trinajstić information content (AvgIpc) is 2.94. The summed E-state index contributed by atoms with van der Waals surface area (Å²) in [6.07, 6.45) is -2.74. The molecule has 0 radical (unpaired) electrons. The second-order valence-corrected chi connectivity index (χ2v) is 5.19. The molecule has 1 N–H and O–H groups in total. The highest BCUT2D eigenvalue weighted by Gasteiger charge is 2.42. The van der Waals surface area contributed by atoms with Crippen molar-refractivity contribution in [1.29, 1.82) is 0 Å². The Kier molecular flexibility index (Phi) is 4.05. The Hall–Kier alpha value is -2.39. The number of ether oxygens (including phenoxy) is 1. The lowest BCUT2D eigenvalue weighted by Gasteiger charge is -2.25. The van der Waals surface area contributed by atoms with Crippen LogP contribution in [0.1, 0.15) is 18.1 Å². The molecule has 3 rings (SSSR count). The van der Waals surface area contributed by atoms with Gasteiger partial charge in [0.05, 0.1) is 19.6 Å². The maximum absolute atomic E-state index is 12.8. The van der Waals surface area contributed by atoms with E-state index >= 15 is 0 Å². The smallest absolute Gasteiger partial charge is 0.392 e. The molecule has 0 saturated heterocycles. The largest absolute Gasteiger partial charge is 0.481 e. The van der Waals surface area contributed by atoms with E-state index in [0.29, 0.717) is 23.5 Å². The van der Waals surface area contributed by atoms with Crippen molar-refractivity contribution in [3.8, 4) is 5.88 Å². The Morgan fingerprint density at radius 3 is 2.96 bits per heavy atom. The van der Waals surface area contributed by atoms with Crippen molar-refractivity contribution < 1.29 is 17.9 Å². The number of methoxy groups -OCH3 is 1. The van der Waals surface area contributed by atoms with E-state index in [0.717, 1.165) is 0 Å². The van der Waals surface area contributed by atoms with Gasteiger partial charge in [0.1, 0.15) is 5.82 Å². The number of rotatable bonds is 4. The number of hydrogen-bond donors (Lipinski definition) is 1. The molecule has 0 fully saturated rings. The number of nitrogens with one attached hydrogen (secondary N) is 1. The summed E-state index contributed by atoms with van der Waals surface area (Å²) in [4.78, 5) is 8.13. The zero-order valence-corrected chi connectivity index (χ0v) is 12.3. The summed E-state index contributed by atoms with van der Waals surface area (Å²) in [6.45, 7) is 0.527. The van der Waals surface area contributed by atoms with Gasteiger partial charge < -0.3 is 14.6 Å². The van der Waals surface area contributed by atoms with Gasteiger partial charge in [0.15, 0.2) is 5.82 Å². The van der Waals surface area contributed by atoms with Gasteiger partial charge in [-0.1, -0.05) is 0 Å². The van der Waals surface area contributed by atoms with Crippen LogP contribution in [0, 0.1) is 5.92 Å². The number of hydrogen-bond acceptors (Lipinski definition) is 6. The van der Waals surface area contributed by atoms with E-state index in [9.17, 15) is 13.2 Å². The molecular formula is C13H15F3N6O. The highest BCUT2D eigenvalue weighted by molar-refractivity contribution is 5.27. The number of anilines is 1. The first kappa shape index (κ1) is 15.5. The van der Waals surface area contributed by atoms with E-state index in [-0.39, 0.29) is 25.9 Å². The van der Waals surface area contributed by atoms with Gasteiger partial charge in [0.25, 0.3) is 0 Å². The van der Waals surface area contributed by atoms with Crippen LogP contribution in [0.3, 0.4) is 0 Å². The third kappa shape index (κ3) is 3.35. The van der Waals surface area contributed by atoms with E-state index in [1.165, 1.54) is 7.11 Å². The highest BCUT2D eigenvalue weighted by atomic mass is 19.4. The van der Waals surface area contributed by atoms with Crippen LogP contribution in [-0.4, -0.2) is 38.0 Å². The van der Waals surface area contributed by atoms with Crippen molar-refractivity contribution in [2.45, 2.75) is 32.1 Å². The molecule has 0 aromatic carbocycles. The van der Waals surface area contributed by atoms with Gasteiger partial charge in [0.2, 0.25) is 11.8 Å². The molecule has 2 aromatic heterocycles.